The van der Waals surface area contributed by atoms with Gasteiger partial charge in [0.15, 0.2) is 0 Å². The van der Waals surface area contributed by atoms with Crippen molar-refractivity contribution in [3.8, 4) is 0 Å². The van der Waals surface area contributed by atoms with Crippen molar-refractivity contribution in [2.75, 3.05) is 22.8 Å². The van der Waals surface area contributed by atoms with Gasteiger partial charge in [0.2, 0.25) is 15.9 Å². The first-order chi connectivity index (χ1) is 10.2. The Hall–Kier alpha value is -1.38. The van der Waals surface area contributed by atoms with Crippen LogP contribution in [0.15, 0.2) is 18.2 Å². The van der Waals surface area contributed by atoms with Gasteiger partial charge in [-0.2, -0.15) is 0 Å². The second-order valence-electron chi connectivity index (χ2n) is 5.63. The van der Waals surface area contributed by atoms with Gasteiger partial charge in [-0.05, 0) is 44.5 Å². The minimum Gasteiger partial charge on any atom is -0.326 e. The Morgan fingerprint density at radius 2 is 2.09 bits per heavy atom. The number of amides is 1. The summed E-state index contributed by atoms with van der Waals surface area (Å²) in [5, 5.41) is 5.98. The molecule has 1 aliphatic heterocycles. The van der Waals surface area contributed by atoms with Crippen molar-refractivity contribution >= 4 is 39.7 Å². The van der Waals surface area contributed by atoms with Crippen molar-refractivity contribution in [2.45, 2.75) is 25.8 Å². The minimum atomic E-state index is -3.58. The number of carbonyl (C=O) groups is 1. The number of hydrogen-bond acceptors (Lipinski definition) is 4. The predicted molar refractivity (Wildman–Crippen MR) is 90.9 cm³/mol. The lowest BCUT2D eigenvalue weighted by atomic mass is 9.92. The van der Waals surface area contributed by atoms with E-state index in [0.29, 0.717) is 5.69 Å². The second-order valence-corrected chi connectivity index (χ2v) is 7.38. The highest BCUT2D eigenvalue weighted by atomic mass is 35.5. The summed E-state index contributed by atoms with van der Waals surface area (Å²) < 4.78 is 38.1. The van der Waals surface area contributed by atoms with Crippen LogP contribution in [0.5, 0.6) is 0 Å². The van der Waals surface area contributed by atoms with E-state index >= 15 is 0 Å². The third-order valence-corrected chi connectivity index (χ3v) is 4.11. The van der Waals surface area contributed by atoms with Crippen molar-refractivity contribution in [1.29, 1.82) is 0 Å². The number of rotatable bonds is 4. The van der Waals surface area contributed by atoms with Crippen molar-refractivity contribution < 1.29 is 17.6 Å². The quantitative estimate of drug-likeness (QED) is 0.761. The number of nitrogens with one attached hydrogen (secondary N) is 3. The molecule has 23 heavy (non-hydrogen) atoms. The number of benzene rings is 1. The molecule has 2 rings (SSSR count). The average molecular weight is 366 g/mol. The Morgan fingerprint density at radius 1 is 1.39 bits per heavy atom. The Bertz CT molecular complexity index is 669. The first-order valence-corrected chi connectivity index (χ1v) is 8.95. The van der Waals surface area contributed by atoms with Crippen LogP contribution in [0.4, 0.5) is 15.8 Å². The van der Waals surface area contributed by atoms with Crippen LogP contribution in [0, 0.1) is 11.7 Å². The first kappa shape index (κ1) is 19.7. The van der Waals surface area contributed by atoms with Crippen LogP contribution in [0.1, 0.15) is 19.8 Å². The van der Waals surface area contributed by atoms with Gasteiger partial charge >= 0.3 is 0 Å². The van der Waals surface area contributed by atoms with E-state index in [9.17, 15) is 17.6 Å². The molecular formula is C14H21ClFN3O3S. The molecule has 1 fully saturated rings. The fourth-order valence-corrected chi connectivity index (χ4v) is 3.05. The summed E-state index contributed by atoms with van der Waals surface area (Å²) in [6.45, 7) is 2.80. The summed E-state index contributed by atoms with van der Waals surface area (Å²) in [5.74, 6) is -0.934. The number of sulfonamides is 1. The molecule has 1 aromatic rings. The molecule has 0 radical (unpaired) electrons. The van der Waals surface area contributed by atoms with Gasteiger partial charge in [0.1, 0.15) is 5.82 Å². The monoisotopic (exact) mass is 365 g/mol. The van der Waals surface area contributed by atoms with E-state index in [1.165, 1.54) is 12.1 Å². The van der Waals surface area contributed by atoms with Gasteiger partial charge in [-0.3, -0.25) is 9.52 Å². The highest BCUT2D eigenvalue weighted by Crippen LogP contribution is 2.23. The van der Waals surface area contributed by atoms with Crippen LogP contribution in [0.25, 0.3) is 0 Å². The molecule has 9 heteroatoms. The molecule has 0 saturated carbocycles. The van der Waals surface area contributed by atoms with Crippen LogP contribution in [0.3, 0.4) is 0 Å². The fraction of sp³-hybridized carbons (Fsp3) is 0.500. The van der Waals surface area contributed by atoms with Gasteiger partial charge in [-0.15, -0.1) is 12.4 Å². The zero-order valence-corrected chi connectivity index (χ0v) is 14.6. The summed E-state index contributed by atoms with van der Waals surface area (Å²) in [6, 6.07) is 4.08. The fourth-order valence-electron chi connectivity index (χ4n) is 2.50. The van der Waals surface area contributed by atoms with Crippen LogP contribution in [-0.2, 0) is 14.8 Å². The Kier molecular flexibility index (Phi) is 6.79. The molecule has 6 nitrogen and oxygen atoms in total. The van der Waals surface area contributed by atoms with E-state index in [-0.39, 0.29) is 36.0 Å². The van der Waals surface area contributed by atoms with Crippen molar-refractivity contribution in [3.63, 3.8) is 0 Å². The van der Waals surface area contributed by atoms with Gasteiger partial charge in [-0.25, -0.2) is 12.8 Å². The topological polar surface area (TPSA) is 87.3 Å². The van der Waals surface area contributed by atoms with Gasteiger partial charge in [0.25, 0.3) is 0 Å². The molecule has 0 unspecified atom stereocenters. The normalized spacial score (nSPS) is 21.2. The Morgan fingerprint density at radius 3 is 2.70 bits per heavy atom. The highest BCUT2D eigenvalue weighted by Gasteiger charge is 2.24. The molecular weight excluding hydrogens is 345 g/mol. The molecule has 1 heterocycles. The molecule has 1 aromatic carbocycles. The van der Waals surface area contributed by atoms with Gasteiger partial charge in [-0.1, -0.05) is 0 Å². The number of anilines is 2. The van der Waals surface area contributed by atoms with Crippen LogP contribution in [-0.4, -0.2) is 33.2 Å². The lowest BCUT2D eigenvalue weighted by Gasteiger charge is -2.27. The summed E-state index contributed by atoms with van der Waals surface area (Å²) >= 11 is 0. The molecule has 3 N–H and O–H groups in total. The SMILES string of the molecule is C[C@H]1C[C@@H](C(=O)Nc2ccc(F)c(NS(C)(=O)=O)c2)CCN1.Cl. The van der Waals surface area contributed by atoms with E-state index in [1.54, 1.807) is 0 Å². The van der Waals surface area contributed by atoms with Crippen molar-refractivity contribution in [1.82, 2.24) is 5.32 Å². The van der Waals surface area contributed by atoms with E-state index in [1.807, 2.05) is 6.92 Å². The number of halogens is 2. The van der Waals surface area contributed by atoms with E-state index in [2.05, 4.69) is 15.4 Å². The summed E-state index contributed by atoms with van der Waals surface area (Å²) in [5.41, 5.74) is 0.183. The number of piperidine rings is 1. The van der Waals surface area contributed by atoms with Crippen molar-refractivity contribution in [3.05, 3.63) is 24.0 Å². The predicted octanol–water partition coefficient (Wildman–Crippen LogP) is 1.95. The number of hydrogen-bond donors (Lipinski definition) is 3. The number of carbonyl (C=O) groups excluding carboxylic acids is 1. The summed E-state index contributed by atoms with van der Waals surface area (Å²) in [4.78, 5) is 12.2. The third-order valence-electron chi connectivity index (χ3n) is 3.52. The van der Waals surface area contributed by atoms with Crippen LogP contribution in [0.2, 0.25) is 0 Å². The molecule has 0 aliphatic carbocycles. The van der Waals surface area contributed by atoms with Crippen LogP contribution >= 0.6 is 12.4 Å². The summed E-state index contributed by atoms with van der Waals surface area (Å²) in [6.07, 6.45) is 2.42. The first-order valence-electron chi connectivity index (χ1n) is 7.06. The molecule has 0 aromatic heterocycles. The van der Waals surface area contributed by atoms with Crippen LogP contribution < -0.4 is 15.4 Å². The lowest BCUT2D eigenvalue weighted by molar-refractivity contribution is -0.120. The lowest BCUT2D eigenvalue weighted by Crippen LogP contribution is -2.40. The molecule has 1 saturated heterocycles. The molecule has 2 atom stereocenters. The van der Waals surface area contributed by atoms with Crippen molar-refractivity contribution in [2.24, 2.45) is 5.92 Å². The van der Waals surface area contributed by atoms with Gasteiger partial charge in [0.05, 0.1) is 11.9 Å². The minimum absolute atomic E-state index is 0. The largest absolute Gasteiger partial charge is 0.326 e. The maximum atomic E-state index is 13.6. The zero-order valence-electron chi connectivity index (χ0n) is 12.9. The highest BCUT2D eigenvalue weighted by molar-refractivity contribution is 7.92. The molecule has 0 spiro atoms. The van der Waals surface area contributed by atoms with Gasteiger partial charge in [0, 0.05) is 17.6 Å². The molecule has 0 bridgehead atoms. The van der Waals surface area contributed by atoms with E-state index in [0.717, 1.165) is 31.7 Å². The van der Waals surface area contributed by atoms with E-state index < -0.39 is 15.8 Å². The summed E-state index contributed by atoms with van der Waals surface area (Å²) in [7, 11) is -3.58. The molecule has 1 amide bonds. The van der Waals surface area contributed by atoms with E-state index in [4.69, 9.17) is 0 Å². The standard InChI is InChI=1S/C14H20FN3O3S.ClH/c1-9-7-10(5-6-16-9)14(19)17-11-3-4-12(15)13(8-11)18-22(2,20)21;/h3-4,8-10,16,18H,5-7H2,1-2H3,(H,17,19);1H/t9-,10-;/m0./s1. The maximum absolute atomic E-state index is 13.6. The maximum Gasteiger partial charge on any atom is 0.229 e. The Labute approximate surface area is 141 Å². The molecule has 1 aliphatic rings. The molecule has 130 valence electrons. The Balaban J connectivity index is 0.00000264. The smallest absolute Gasteiger partial charge is 0.229 e. The third kappa shape index (κ3) is 5.96. The zero-order chi connectivity index (χ0) is 16.3. The average Bonchev–Trinajstić information content (AvgIpc) is 2.41. The van der Waals surface area contributed by atoms with Gasteiger partial charge < -0.3 is 10.6 Å². The second kappa shape index (κ2) is 7.94.